The number of nitrogens with zero attached hydrogens (tertiary/aromatic N) is 2. The predicted molar refractivity (Wildman–Crippen MR) is 313 cm³/mol. The predicted octanol–water partition coefficient (Wildman–Crippen LogP) is 12.8. The van der Waals surface area contributed by atoms with Gasteiger partial charge < -0.3 is 18.9 Å². The maximum atomic E-state index is 15.3. The first-order chi connectivity index (χ1) is 38.7. The zero-order valence-corrected chi connectivity index (χ0v) is 49.6. The summed E-state index contributed by atoms with van der Waals surface area (Å²) in [4.78, 5) is 87.1. The molecule has 10 rings (SSSR count). The molecule has 6 fully saturated rings. The quantitative estimate of drug-likeness (QED) is 0.0711. The Morgan fingerprint density at radius 1 is 0.654 bits per heavy atom. The van der Waals surface area contributed by atoms with E-state index in [1.165, 1.54) is 9.80 Å². The highest BCUT2D eigenvalue weighted by Gasteiger charge is 2.66. The fourth-order valence-electron chi connectivity index (χ4n) is 18.5. The third-order valence-corrected chi connectivity index (χ3v) is 22.4. The molecule has 0 N–H and O–H groups in total. The summed E-state index contributed by atoms with van der Waals surface area (Å²) in [5.41, 5.74) is 2.97. The molecule has 2 saturated heterocycles. The third-order valence-electron chi connectivity index (χ3n) is 22.4. The number of hydrogen-bond acceptors (Lipinski definition) is 10. The molecular formula is C69H90N2O10. The highest BCUT2D eigenvalue weighted by Crippen LogP contribution is 2.70. The number of epoxide rings is 2. The van der Waals surface area contributed by atoms with Crippen LogP contribution in [0.1, 0.15) is 150 Å². The van der Waals surface area contributed by atoms with Gasteiger partial charge in [-0.15, -0.1) is 0 Å². The van der Waals surface area contributed by atoms with Crippen molar-refractivity contribution in [3.63, 3.8) is 0 Å². The molecule has 4 amide bonds. The first-order valence-corrected chi connectivity index (χ1v) is 30.7. The number of imide groups is 2. The van der Waals surface area contributed by atoms with Crippen LogP contribution >= 0.6 is 0 Å². The lowest BCUT2D eigenvalue weighted by Gasteiger charge is -2.65. The Labute approximate surface area is 481 Å². The highest BCUT2D eigenvalue weighted by atomic mass is 16.6. The molecule has 12 heteroatoms. The molecule has 2 aromatic carbocycles. The van der Waals surface area contributed by atoms with Crippen molar-refractivity contribution in [3.05, 3.63) is 108 Å². The Hall–Kier alpha value is -5.46. The molecule has 15 atom stereocenters. The second-order valence-electron chi connectivity index (χ2n) is 27.6. The van der Waals surface area contributed by atoms with Gasteiger partial charge in [-0.25, -0.2) is 0 Å². The van der Waals surface area contributed by atoms with Crippen molar-refractivity contribution >= 4 is 47.9 Å². The molecule has 436 valence electrons. The number of benzene rings is 2. The van der Waals surface area contributed by atoms with Gasteiger partial charge in [0.1, 0.15) is 25.4 Å². The number of amides is 4. The second-order valence-corrected chi connectivity index (χ2v) is 27.6. The summed E-state index contributed by atoms with van der Waals surface area (Å²) in [6, 6.07) is 15.1. The third kappa shape index (κ3) is 10.7. The molecule has 2 aliphatic heterocycles. The Morgan fingerprint density at radius 2 is 1.19 bits per heavy atom. The molecule has 8 aliphatic rings. The number of ether oxygens (including phenoxy) is 4. The summed E-state index contributed by atoms with van der Waals surface area (Å²) in [6.45, 7) is 27.6. The van der Waals surface area contributed by atoms with Crippen molar-refractivity contribution in [2.75, 3.05) is 36.2 Å². The minimum atomic E-state index is -0.642. The largest absolute Gasteiger partial charge is 0.462 e. The van der Waals surface area contributed by atoms with Gasteiger partial charge in [0.25, 0.3) is 0 Å². The number of allylic oxidation sites excluding steroid dienone is 6. The maximum absolute atomic E-state index is 15.3. The van der Waals surface area contributed by atoms with Crippen LogP contribution in [0, 0.1) is 86.3 Å². The molecular weight excluding hydrogens is 1020 g/mol. The zero-order chi connectivity index (χ0) is 57.8. The lowest BCUT2D eigenvalue weighted by molar-refractivity contribution is -0.187. The summed E-state index contributed by atoms with van der Waals surface area (Å²) in [5, 5.41) is 0. The SMILES string of the molecule is C=CC1=CC2(C(C(=O)N(C=O)c3ccc(Cc4ccc(N(C=O)C(=O)C(C(C)C)C5CC6C(C=C5C=C)CCC5C(C)(C(=O)OCC7CO7)CCCC65C)cc4)cc3)C(C)C)CCC3C(C)(C(=O)OCC4CO4)CCCC3(C)C2CC1. The molecule has 15 unspecified atom stereocenters. The Morgan fingerprint density at radius 3 is 1.68 bits per heavy atom. The van der Waals surface area contributed by atoms with E-state index < -0.39 is 28.1 Å². The molecule has 0 bridgehead atoms. The van der Waals surface area contributed by atoms with E-state index >= 15 is 4.79 Å². The molecule has 2 aromatic rings. The number of rotatable bonds is 20. The van der Waals surface area contributed by atoms with Gasteiger partial charge in [-0.05, 0) is 190 Å². The van der Waals surface area contributed by atoms with Crippen molar-refractivity contribution in [2.24, 2.45) is 86.3 Å². The summed E-state index contributed by atoms with van der Waals surface area (Å²) in [7, 11) is 0. The van der Waals surface area contributed by atoms with Crippen molar-refractivity contribution in [1.82, 2.24) is 0 Å². The zero-order valence-electron chi connectivity index (χ0n) is 49.6. The average Bonchev–Trinajstić information content (AvgIpc) is 3.86. The van der Waals surface area contributed by atoms with Gasteiger partial charge in [0.05, 0.1) is 41.3 Å². The fraction of sp³-hybridized carbons (Fsp3) is 0.623. The van der Waals surface area contributed by atoms with Crippen LogP contribution in [0.15, 0.2) is 97.1 Å². The summed E-state index contributed by atoms with van der Waals surface area (Å²) < 4.78 is 22.6. The average molecular weight is 1110 g/mol. The van der Waals surface area contributed by atoms with Gasteiger partial charge in [-0.2, -0.15) is 0 Å². The van der Waals surface area contributed by atoms with Crippen molar-refractivity contribution in [1.29, 1.82) is 0 Å². The molecule has 0 spiro atoms. The number of fused-ring (bicyclic) bond motifs is 6. The van der Waals surface area contributed by atoms with Crippen molar-refractivity contribution in [2.45, 2.75) is 157 Å². The molecule has 0 aromatic heterocycles. The van der Waals surface area contributed by atoms with E-state index in [2.05, 4.69) is 80.7 Å². The first-order valence-electron chi connectivity index (χ1n) is 30.7. The minimum absolute atomic E-state index is 0.00319. The van der Waals surface area contributed by atoms with Crippen LogP contribution in [-0.4, -0.2) is 75.2 Å². The number of hydrogen-bond donors (Lipinski definition) is 0. The number of anilines is 2. The Kier molecular flexibility index (Phi) is 16.6. The maximum Gasteiger partial charge on any atom is 0.312 e. The van der Waals surface area contributed by atoms with Gasteiger partial charge >= 0.3 is 11.9 Å². The van der Waals surface area contributed by atoms with E-state index in [1.807, 2.05) is 60.7 Å². The molecule has 81 heavy (non-hydrogen) atoms. The van der Waals surface area contributed by atoms with Crippen molar-refractivity contribution < 1.29 is 47.7 Å². The Bertz CT molecular complexity index is 2810. The van der Waals surface area contributed by atoms with Gasteiger partial charge in [-0.1, -0.05) is 122 Å². The standard InChI is InChI=1S/C69H90N2O10/c1-11-45-19-25-58-66(8)29-14-31-68(10,64(77)81-40-53-38-79-53)57(66)27-32-69(58,36-45)60(44(5)6)62(75)71(42-73)51-23-17-47(18-24-51)33-46-15-21-50(22-16-46)70(41-72)61(74)59(43(3)4)54-35-55-49(34-48(54)12-2)20-26-56-65(55,7)28-13-30-67(56,9)63(76)80-39-52-37-78-52/h11-12,15-18,21-24,34,36,41-44,49,52-60H,1-2,13-14,19-20,25-33,35,37-40H2,3-10H3. The minimum Gasteiger partial charge on any atom is -0.462 e. The van der Waals surface area contributed by atoms with Gasteiger partial charge in [0.15, 0.2) is 0 Å². The molecule has 12 nitrogen and oxygen atoms in total. The van der Waals surface area contributed by atoms with E-state index in [9.17, 15) is 24.0 Å². The number of carbonyl (C=O) groups excluding carboxylic acids is 6. The van der Waals surface area contributed by atoms with Crippen LogP contribution in [0.2, 0.25) is 0 Å². The molecule has 0 radical (unpaired) electrons. The second kappa shape index (κ2) is 22.9. The van der Waals surface area contributed by atoms with E-state index in [1.54, 1.807) is 0 Å². The first kappa shape index (κ1) is 58.7. The van der Waals surface area contributed by atoms with Crippen LogP contribution in [0.4, 0.5) is 11.4 Å². The summed E-state index contributed by atoms with van der Waals surface area (Å²) >= 11 is 0. The molecule has 4 saturated carbocycles. The van der Waals surface area contributed by atoms with Crippen LogP contribution < -0.4 is 9.80 Å². The van der Waals surface area contributed by atoms with Crippen molar-refractivity contribution in [3.8, 4) is 0 Å². The van der Waals surface area contributed by atoms with Gasteiger partial charge in [0, 0.05) is 11.3 Å². The lowest BCUT2D eigenvalue weighted by atomic mass is 9.38. The molecule has 2 heterocycles. The van der Waals surface area contributed by atoms with E-state index in [0.717, 1.165) is 99.3 Å². The van der Waals surface area contributed by atoms with Gasteiger partial charge in [-0.3, -0.25) is 38.6 Å². The fourth-order valence-corrected chi connectivity index (χ4v) is 18.5. The highest BCUT2D eigenvalue weighted by molar-refractivity contribution is 6.09. The lowest BCUT2D eigenvalue weighted by Crippen LogP contribution is -2.62. The summed E-state index contributed by atoms with van der Waals surface area (Å²) in [6.07, 6.45) is 21.7. The summed E-state index contributed by atoms with van der Waals surface area (Å²) in [5.74, 6) is -1.13. The number of esters is 2. The van der Waals surface area contributed by atoms with Gasteiger partial charge in [0.2, 0.25) is 24.6 Å². The van der Waals surface area contributed by atoms with Crippen LogP contribution in [-0.2, 0) is 54.1 Å². The Balaban J connectivity index is 0.833. The normalized spacial score (nSPS) is 35.4. The van der Waals surface area contributed by atoms with E-state index in [-0.39, 0.29) is 88.2 Å². The van der Waals surface area contributed by atoms with Crippen LogP contribution in [0.3, 0.4) is 0 Å². The monoisotopic (exact) mass is 1110 g/mol. The molecule has 6 aliphatic carbocycles. The topological polar surface area (TPSA) is 152 Å². The smallest absolute Gasteiger partial charge is 0.312 e. The van der Waals surface area contributed by atoms with Crippen LogP contribution in [0.25, 0.3) is 0 Å². The van der Waals surface area contributed by atoms with Crippen LogP contribution in [0.5, 0.6) is 0 Å². The number of carbonyl (C=O) groups is 6. The van der Waals surface area contributed by atoms with E-state index in [0.29, 0.717) is 69.4 Å². The van der Waals surface area contributed by atoms with E-state index in [4.69, 9.17) is 18.9 Å².